The lowest BCUT2D eigenvalue weighted by Gasteiger charge is -2.30. The molecular formula is C20H19ClN4O2S2. The lowest BCUT2D eigenvalue weighted by molar-refractivity contribution is -0.134. The number of para-hydroxylation sites is 1. The normalized spacial score (nSPS) is 15.1. The molecule has 6 nitrogen and oxygen atoms in total. The molecule has 1 aliphatic rings. The molecule has 0 spiro atoms. The van der Waals surface area contributed by atoms with Crippen LogP contribution in [-0.4, -0.2) is 47.3 Å². The van der Waals surface area contributed by atoms with Gasteiger partial charge in [0.1, 0.15) is 5.25 Å². The first kappa shape index (κ1) is 20.2. The summed E-state index contributed by atoms with van der Waals surface area (Å²) in [6, 6.07) is 17.2. The number of carbonyl (C=O) groups excluding carboxylic acids is 1. The SMILES string of the molecule is O=C([C@H](Sc1nnc(Nc2ccccc2Cl)s1)c1ccccc1)N1CCOCC1. The summed E-state index contributed by atoms with van der Waals surface area (Å²) < 4.78 is 6.10. The maximum atomic E-state index is 13.2. The predicted octanol–water partition coefficient (Wildman–Crippen LogP) is 4.63. The van der Waals surface area contributed by atoms with Gasteiger partial charge in [0.25, 0.3) is 0 Å². The zero-order valence-electron chi connectivity index (χ0n) is 15.5. The maximum Gasteiger partial charge on any atom is 0.240 e. The van der Waals surface area contributed by atoms with Crippen LogP contribution in [0.4, 0.5) is 10.8 Å². The van der Waals surface area contributed by atoms with Crippen LogP contribution in [0.2, 0.25) is 5.02 Å². The second-order valence-electron chi connectivity index (χ2n) is 6.32. The molecule has 1 saturated heterocycles. The van der Waals surface area contributed by atoms with Crippen LogP contribution in [0.5, 0.6) is 0 Å². The van der Waals surface area contributed by atoms with Gasteiger partial charge in [-0.3, -0.25) is 4.79 Å². The molecule has 2 heterocycles. The Kier molecular flexibility index (Phi) is 6.66. The van der Waals surface area contributed by atoms with Crippen LogP contribution < -0.4 is 5.32 Å². The number of carbonyl (C=O) groups is 1. The van der Waals surface area contributed by atoms with Gasteiger partial charge in [-0.05, 0) is 17.7 Å². The second-order valence-corrected chi connectivity index (χ2v) is 9.06. The molecule has 150 valence electrons. The van der Waals surface area contributed by atoms with Crippen molar-refractivity contribution < 1.29 is 9.53 Å². The molecule has 0 aliphatic carbocycles. The summed E-state index contributed by atoms with van der Waals surface area (Å²) in [4.78, 5) is 15.1. The number of morpholine rings is 1. The van der Waals surface area contributed by atoms with Crippen molar-refractivity contribution in [2.75, 3.05) is 31.6 Å². The number of anilines is 2. The van der Waals surface area contributed by atoms with Gasteiger partial charge in [0, 0.05) is 13.1 Å². The van der Waals surface area contributed by atoms with E-state index in [0.717, 1.165) is 15.6 Å². The van der Waals surface area contributed by atoms with E-state index in [9.17, 15) is 4.79 Å². The van der Waals surface area contributed by atoms with E-state index in [2.05, 4.69) is 15.5 Å². The van der Waals surface area contributed by atoms with Crippen LogP contribution in [0.3, 0.4) is 0 Å². The number of ether oxygens (including phenoxy) is 1. The Bertz CT molecular complexity index is 964. The molecule has 9 heteroatoms. The third kappa shape index (κ3) is 5.08. The average Bonchev–Trinajstić information content (AvgIpc) is 3.21. The van der Waals surface area contributed by atoms with Crippen molar-refractivity contribution in [3.05, 3.63) is 65.2 Å². The van der Waals surface area contributed by atoms with Crippen LogP contribution in [0.15, 0.2) is 58.9 Å². The van der Waals surface area contributed by atoms with Gasteiger partial charge in [0.15, 0.2) is 4.34 Å². The van der Waals surface area contributed by atoms with E-state index in [4.69, 9.17) is 16.3 Å². The van der Waals surface area contributed by atoms with Gasteiger partial charge >= 0.3 is 0 Å². The Morgan fingerprint density at radius 2 is 1.83 bits per heavy atom. The zero-order valence-corrected chi connectivity index (χ0v) is 17.8. The summed E-state index contributed by atoms with van der Waals surface area (Å²) >= 11 is 9.02. The van der Waals surface area contributed by atoms with Crippen molar-refractivity contribution in [3.8, 4) is 0 Å². The average molecular weight is 447 g/mol. The van der Waals surface area contributed by atoms with Gasteiger partial charge in [-0.15, -0.1) is 10.2 Å². The van der Waals surface area contributed by atoms with Crippen molar-refractivity contribution in [1.82, 2.24) is 15.1 Å². The fourth-order valence-electron chi connectivity index (χ4n) is 2.92. The van der Waals surface area contributed by atoms with Crippen molar-refractivity contribution in [2.45, 2.75) is 9.59 Å². The standard InChI is InChI=1S/C20H19ClN4O2S2/c21-15-8-4-5-9-16(15)22-19-23-24-20(29-19)28-17(14-6-2-1-3-7-14)18(26)25-10-12-27-13-11-25/h1-9,17H,10-13H2,(H,22,23)/t17-/m1/s1. The number of nitrogens with one attached hydrogen (secondary N) is 1. The monoisotopic (exact) mass is 446 g/mol. The molecule has 1 aromatic heterocycles. The highest BCUT2D eigenvalue weighted by Crippen LogP contribution is 2.40. The fraction of sp³-hybridized carbons (Fsp3) is 0.250. The molecule has 0 unspecified atom stereocenters. The predicted molar refractivity (Wildman–Crippen MR) is 117 cm³/mol. The minimum Gasteiger partial charge on any atom is -0.378 e. The van der Waals surface area contributed by atoms with Crippen molar-refractivity contribution in [3.63, 3.8) is 0 Å². The molecule has 1 aliphatic heterocycles. The first-order chi connectivity index (χ1) is 14.2. The number of halogens is 1. The van der Waals surface area contributed by atoms with Crippen LogP contribution in [0.25, 0.3) is 0 Å². The molecule has 29 heavy (non-hydrogen) atoms. The topological polar surface area (TPSA) is 67.4 Å². The number of rotatable bonds is 6. The summed E-state index contributed by atoms with van der Waals surface area (Å²) in [5.74, 6) is 0.0697. The van der Waals surface area contributed by atoms with E-state index in [1.807, 2.05) is 59.5 Å². The molecule has 0 radical (unpaired) electrons. The Morgan fingerprint density at radius 1 is 1.10 bits per heavy atom. The number of amides is 1. The quantitative estimate of drug-likeness (QED) is 0.557. The van der Waals surface area contributed by atoms with Crippen LogP contribution >= 0.6 is 34.7 Å². The third-order valence-corrected chi connectivity index (χ3v) is 6.88. The summed E-state index contributed by atoms with van der Waals surface area (Å²) in [5.41, 5.74) is 1.72. The molecule has 1 fully saturated rings. The van der Waals surface area contributed by atoms with E-state index in [-0.39, 0.29) is 11.2 Å². The second kappa shape index (κ2) is 9.58. The number of aromatic nitrogens is 2. The molecule has 1 amide bonds. The van der Waals surface area contributed by atoms with Crippen molar-refractivity contribution in [2.24, 2.45) is 0 Å². The molecular weight excluding hydrogens is 428 g/mol. The number of thioether (sulfide) groups is 1. The molecule has 3 aromatic rings. The lowest BCUT2D eigenvalue weighted by Crippen LogP contribution is -2.42. The highest BCUT2D eigenvalue weighted by atomic mass is 35.5. The van der Waals surface area contributed by atoms with Crippen LogP contribution in [-0.2, 0) is 9.53 Å². The van der Waals surface area contributed by atoms with Gasteiger partial charge in [-0.1, -0.05) is 77.2 Å². The first-order valence-corrected chi connectivity index (χ1v) is 11.2. The largest absolute Gasteiger partial charge is 0.378 e. The number of hydrogen-bond acceptors (Lipinski definition) is 7. The van der Waals surface area contributed by atoms with Gasteiger partial charge in [0.2, 0.25) is 11.0 Å². The van der Waals surface area contributed by atoms with Gasteiger partial charge in [-0.2, -0.15) is 0 Å². The van der Waals surface area contributed by atoms with E-state index >= 15 is 0 Å². The number of hydrogen-bond donors (Lipinski definition) is 1. The number of benzene rings is 2. The minimum atomic E-state index is -0.379. The lowest BCUT2D eigenvalue weighted by atomic mass is 10.1. The van der Waals surface area contributed by atoms with E-state index < -0.39 is 0 Å². The molecule has 1 atom stereocenters. The molecule has 1 N–H and O–H groups in total. The first-order valence-electron chi connectivity index (χ1n) is 9.14. The summed E-state index contributed by atoms with van der Waals surface area (Å²) in [6.45, 7) is 2.36. The molecule has 4 rings (SSSR count). The summed E-state index contributed by atoms with van der Waals surface area (Å²) in [5, 5.41) is 12.5. The van der Waals surface area contributed by atoms with Crippen molar-refractivity contribution >= 4 is 51.4 Å². The molecule has 0 saturated carbocycles. The Labute approximate surface area is 182 Å². The van der Waals surface area contributed by atoms with Crippen LogP contribution in [0, 0.1) is 0 Å². The highest BCUT2D eigenvalue weighted by Gasteiger charge is 2.29. The molecule has 0 bridgehead atoms. The maximum absolute atomic E-state index is 13.2. The fourth-order valence-corrected chi connectivity index (χ4v) is 5.15. The van der Waals surface area contributed by atoms with Gasteiger partial charge < -0.3 is 15.0 Å². The minimum absolute atomic E-state index is 0.0697. The Hall–Kier alpha value is -2.13. The van der Waals surface area contributed by atoms with Crippen LogP contribution in [0.1, 0.15) is 10.8 Å². The van der Waals surface area contributed by atoms with Gasteiger partial charge in [0.05, 0.1) is 23.9 Å². The number of nitrogens with zero attached hydrogens (tertiary/aromatic N) is 3. The Balaban J connectivity index is 1.53. The van der Waals surface area contributed by atoms with E-state index in [1.165, 1.54) is 23.1 Å². The zero-order chi connectivity index (χ0) is 20.1. The van der Waals surface area contributed by atoms with E-state index in [1.54, 1.807) is 0 Å². The summed E-state index contributed by atoms with van der Waals surface area (Å²) in [7, 11) is 0. The third-order valence-electron chi connectivity index (χ3n) is 4.39. The molecule has 2 aromatic carbocycles. The van der Waals surface area contributed by atoms with E-state index in [0.29, 0.717) is 36.5 Å². The highest BCUT2D eigenvalue weighted by molar-refractivity contribution is 8.01. The van der Waals surface area contributed by atoms with Crippen molar-refractivity contribution in [1.29, 1.82) is 0 Å². The smallest absolute Gasteiger partial charge is 0.240 e. The van der Waals surface area contributed by atoms with Gasteiger partial charge in [-0.25, -0.2) is 0 Å². The summed E-state index contributed by atoms with van der Waals surface area (Å²) in [6.07, 6.45) is 0. The Morgan fingerprint density at radius 3 is 2.59 bits per heavy atom.